The van der Waals surface area contributed by atoms with Gasteiger partial charge in [0, 0.05) is 19.2 Å². The largest absolute Gasteiger partial charge is 0.466 e. The van der Waals surface area contributed by atoms with Gasteiger partial charge in [0.15, 0.2) is 0 Å². The van der Waals surface area contributed by atoms with Gasteiger partial charge in [-0.1, -0.05) is 6.07 Å². The van der Waals surface area contributed by atoms with E-state index in [1.807, 2.05) is 0 Å². The van der Waals surface area contributed by atoms with Crippen LogP contribution in [-0.2, 0) is 14.3 Å². The number of hydrogen-bond acceptors (Lipinski definition) is 7. The molecule has 0 radical (unpaired) electrons. The van der Waals surface area contributed by atoms with Crippen LogP contribution in [0.3, 0.4) is 0 Å². The molecule has 3 amide bonds. The maximum absolute atomic E-state index is 12.5. The Morgan fingerprint density at radius 2 is 1.89 bits per heavy atom. The van der Waals surface area contributed by atoms with Crippen LogP contribution in [-0.4, -0.2) is 64.7 Å². The quantitative estimate of drug-likeness (QED) is 0.318. The Bertz CT molecular complexity index is 859. The molecule has 1 aromatic rings. The lowest BCUT2D eigenvalue weighted by molar-refractivity contribution is -0.385. The van der Waals surface area contributed by atoms with E-state index < -0.39 is 34.9 Å². The smallest absolute Gasteiger partial charge is 0.309 e. The minimum Gasteiger partial charge on any atom is -0.466 e. The molecule has 3 rings (SSSR count). The van der Waals surface area contributed by atoms with Crippen molar-refractivity contribution in [3.05, 3.63) is 39.4 Å². The molecule has 0 atom stereocenters. The second-order valence-corrected chi connectivity index (χ2v) is 6.56. The maximum atomic E-state index is 12.5. The highest BCUT2D eigenvalue weighted by atomic mass is 16.6. The van der Waals surface area contributed by atoms with Gasteiger partial charge in [0.1, 0.15) is 12.1 Å². The molecule has 0 unspecified atom stereocenters. The van der Waals surface area contributed by atoms with Crippen LogP contribution < -0.4 is 0 Å². The molecule has 10 nitrogen and oxygen atoms in total. The number of amides is 3. The summed E-state index contributed by atoms with van der Waals surface area (Å²) in [6.45, 7) is 2.15. The van der Waals surface area contributed by atoms with Crippen LogP contribution in [0.25, 0.3) is 0 Å². The zero-order valence-corrected chi connectivity index (χ0v) is 15.3. The standard InChI is InChI=1S/C18H19N3O7/c1-2-28-18(25)11-6-8-19(9-7-11)14(22)10-20-16(23)12-4-3-5-13(21(26)27)15(12)17(20)24/h3-5,11H,2,6-10H2,1H3. The van der Waals surface area contributed by atoms with Gasteiger partial charge in [-0.25, -0.2) is 0 Å². The van der Waals surface area contributed by atoms with Gasteiger partial charge in [-0.2, -0.15) is 0 Å². The number of hydrogen-bond donors (Lipinski definition) is 0. The summed E-state index contributed by atoms with van der Waals surface area (Å²) in [6, 6.07) is 3.81. The van der Waals surface area contributed by atoms with E-state index in [0.29, 0.717) is 32.5 Å². The Kier molecular flexibility index (Phi) is 5.39. The summed E-state index contributed by atoms with van der Waals surface area (Å²) in [5.41, 5.74) is -0.819. The Labute approximate surface area is 160 Å². The van der Waals surface area contributed by atoms with Gasteiger partial charge in [-0.3, -0.25) is 34.2 Å². The second kappa shape index (κ2) is 7.75. The van der Waals surface area contributed by atoms with Crippen LogP contribution >= 0.6 is 0 Å². The fraction of sp³-hybridized carbons (Fsp3) is 0.444. The zero-order chi connectivity index (χ0) is 20.4. The van der Waals surface area contributed by atoms with Crippen molar-refractivity contribution in [3.63, 3.8) is 0 Å². The summed E-state index contributed by atoms with van der Waals surface area (Å²) in [6.07, 6.45) is 0.885. The van der Waals surface area contributed by atoms with Crippen molar-refractivity contribution in [1.29, 1.82) is 0 Å². The van der Waals surface area contributed by atoms with Gasteiger partial charge in [0.25, 0.3) is 17.5 Å². The Morgan fingerprint density at radius 3 is 2.50 bits per heavy atom. The van der Waals surface area contributed by atoms with E-state index in [1.165, 1.54) is 17.0 Å². The number of nitrogens with zero attached hydrogens (tertiary/aromatic N) is 3. The molecular formula is C18H19N3O7. The number of piperidine rings is 1. The van der Waals surface area contributed by atoms with Gasteiger partial charge in [0.05, 0.1) is 23.0 Å². The normalized spacial score (nSPS) is 16.9. The summed E-state index contributed by atoms with van der Waals surface area (Å²) >= 11 is 0. The average molecular weight is 389 g/mol. The van der Waals surface area contributed by atoms with E-state index in [0.717, 1.165) is 11.0 Å². The van der Waals surface area contributed by atoms with E-state index in [1.54, 1.807) is 6.92 Å². The van der Waals surface area contributed by atoms with E-state index in [-0.39, 0.29) is 23.0 Å². The lowest BCUT2D eigenvalue weighted by Crippen LogP contribution is -2.46. The minimum absolute atomic E-state index is 0.0759. The number of esters is 1. The molecule has 0 aliphatic carbocycles. The van der Waals surface area contributed by atoms with Crippen LogP contribution in [0.15, 0.2) is 18.2 Å². The van der Waals surface area contributed by atoms with Crippen molar-refractivity contribution >= 4 is 29.4 Å². The summed E-state index contributed by atoms with van der Waals surface area (Å²) in [5.74, 6) is -2.58. The van der Waals surface area contributed by atoms with Gasteiger partial charge < -0.3 is 9.64 Å². The molecule has 28 heavy (non-hydrogen) atoms. The first kappa shape index (κ1) is 19.5. The summed E-state index contributed by atoms with van der Waals surface area (Å²) in [4.78, 5) is 61.9. The van der Waals surface area contributed by atoms with Gasteiger partial charge >= 0.3 is 5.97 Å². The number of likely N-dealkylation sites (tertiary alicyclic amines) is 1. The third kappa shape index (κ3) is 3.45. The topological polar surface area (TPSA) is 127 Å². The average Bonchev–Trinajstić information content (AvgIpc) is 2.93. The highest BCUT2D eigenvalue weighted by molar-refractivity contribution is 6.24. The van der Waals surface area contributed by atoms with Crippen LogP contribution in [0, 0.1) is 16.0 Å². The number of carbonyl (C=O) groups is 4. The highest BCUT2D eigenvalue weighted by Gasteiger charge is 2.42. The lowest BCUT2D eigenvalue weighted by atomic mass is 9.97. The Hall–Kier alpha value is -3.30. The highest BCUT2D eigenvalue weighted by Crippen LogP contribution is 2.30. The number of rotatable bonds is 5. The molecule has 148 valence electrons. The molecule has 1 saturated heterocycles. The van der Waals surface area contributed by atoms with Gasteiger partial charge in [0.2, 0.25) is 5.91 Å². The van der Waals surface area contributed by atoms with Crippen LogP contribution in [0.4, 0.5) is 5.69 Å². The summed E-state index contributed by atoms with van der Waals surface area (Å²) < 4.78 is 4.98. The molecule has 0 aromatic heterocycles. The number of fused-ring (bicyclic) bond motifs is 1. The minimum atomic E-state index is -0.845. The van der Waals surface area contributed by atoms with E-state index in [4.69, 9.17) is 4.74 Å². The molecule has 1 fully saturated rings. The van der Waals surface area contributed by atoms with E-state index in [2.05, 4.69) is 0 Å². The van der Waals surface area contributed by atoms with Crippen molar-refractivity contribution in [3.8, 4) is 0 Å². The summed E-state index contributed by atoms with van der Waals surface area (Å²) in [5, 5.41) is 11.1. The van der Waals surface area contributed by atoms with Crippen molar-refractivity contribution in [2.45, 2.75) is 19.8 Å². The number of imide groups is 1. The number of ether oxygens (including phenoxy) is 1. The molecule has 0 bridgehead atoms. The molecule has 1 aromatic carbocycles. The number of nitro benzene ring substituents is 1. The van der Waals surface area contributed by atoms with Crippen LogP contribution in [0.2, 0.25) is 0 Å². The van der Waals surface area contributed by atoms with Gasteiger partial charge in [-0.15, -0.1) is 0 Å². The third-order valence-electron chi connectivity index (χ3n) is 4.93. The maximum Gasteiger partial charge on any atom is 0.309 e. The zero-order valence-electron chi connectivity index (χ0n) is 15.3. The predicted octanol–water partition coefficient (Wildman–Crippen LogP) is 0.992. The summed E-state index contributed by atoms with van der Waals surface area (Å²) in [7, 11) is 0. The first-order valence-corrected chi connectivity index (χ1v) is 8.93. The second-order valence-electron chi connectivity index (χ2n) is 6.56. The SMILES string of the molecule is CCOC(=O)C1CCN(C(=O)CN2C(=O)c3cccc([N+](=O)[O-])c3C2=O)CC1. The van der Waals surface area contributed by atoms with E-state index >= 15 is 0 Å². The molecule has 2 heterocycles. The Morgan fingerprint density at radius 1 is 1.21 bits per heavy atom. The fourth-order valence-electron chi connectivity index (χ4n) is 3.47. The predicted molar refractivity (Wildman–Crippen MR) is 94.4 cm³/mol. The molecule has 2 aliphatic rings. The number of benzene rings is 1. The third-order valence-corrected chi connectivity index (χ3v) is 4.93. The molecule has 2 aliphatic heterocycles. The fourth-order valence-corrected chi connectivity index (χ4v) is 3.47. The van der Waals surface area contributed by atoms with Crippen LogP contribution in [0.1, 0.15) is 40.5 Å². The molecule has 10 heteroatoms. The molecular weight excluding hydrogens is 370 g/mol. The van der Waals surface area contributed by atoms with Crippen molar-refractivity contribution in [2.24, 2.45) is 5.92 Å². The molecule has 0 spiro atoms. The number of nitro groups is 1. The Balaban J connectivity index is 1.67. The van der Waals surface area contributed by atoms with Crippen LogP contribution in [0.5, 0.6) is 0 Å². The van der Waals surface area contributed by atoms with Crippen molar-refractivity contribution < 1.29 is 28.8 Å². The van der Waals surface area contributed by atoms with Crippen molar-refractivity contribution in [2.75, 3.05) is 26.2 Å². The van der Waals surface area contributed by atoms with E-state index in [9.17, 15) is 29.3 Å². The monoisotopic (exact) mass is 389 g/mol. The first-order valence-electron chi connectivity index (χ1n) is 8.93. The van der Waals surface area contributed by atoms with Crippen molar-refractivity contribution in [1.82, 2.24) is 9.80 Å². The molecule has 0 N–H and O–H groups in total. The lowest BCUT2D eigenvalue weighted by Gasteiger charge is -2.31. The number of carbonyl (C=O) groups excluding carboxylic acids is 4. The molecule has 0 saturated carbocycles. The first-order chi connectivity index (χ1) is 13.3. The van der Waals surface area contributed by atoms with Gasteiger partial charge in [-0.05, 0) is 25.8 Å².